The number of nitrogens with one attached hydrogen (secondary N) is 1. The van der Waals surface area contributed by atoms with Crippen molar-refractivity contribution in [3.05, 3.63) is 51.0 Å². The highest BCUT2D eigenvalue weighted by Gasteiger charge is 2.26. The van der Waals surface area contributed by atoms with Crippen molar-refractivity contribution in [1.29, 1.82) is 0 Å². The van der Waals surface area contributed by atoms with Crippen molar-refractivity contribution in [2.24, 2.45) is 0 Å². The summed E-state index contributed by atoms with van der Waals surface area (Å²) in [6, 6.07) is 6.73. The van der Waals surface area contributed by atoms with Crippen molar-refractivity contribution in [1.82, 2.24) is 0 Å². The van der Waals surface area contributed by atoms with Crippen molar-refractivity contribution < 1.29 is 19.1 Å². The van der Waals surface area contributed by atoms with Crippen molar-refractivity contribution in [3.8, 4) is 17.2 Å². The zero-order chi connectivity index (χ0) is 19.9. The van der Waals surface area contributed by atoms with E-state index in [4.69, 9.17) is 32.7 Å². The lowest BCUT2D eigenvalue weighted by Gasteiger charge is -2.15. The number of halogens is 2. The summed E-state index contributed by atoms with van der Waals surface area (Å²) in [6.07, 6.45) is 0. The number of allylic oxidation sites excluding steroid dienone is 1. The fourth-order valence-electron chi connectivity index (χ4n) is 2.85. The number of anilines is 1. The molecule has 1 heterocycles. The molecule has 1 aliphatic rings. The predicted octanol–water partition coefficient (Wildman–Crippen LogP) is 5.76. The van der Waals surface area contributed by atoms with Gasteiger partial charge in [-0.15, -0.1) is 0 Å². The smallest absolute Gasteiger partial charge is 0.308 e. The molecule has 140 valence electrons. The van der Waals surface area contributed by atoms with Gasteiger partial charge in [0.25, 0.3) is 5.91 Å². The van der Waals surface area contributed by atoms with Crippen molar-refractivity contribution in [2.45, 2.75) is 27.7 Å². The second-order valence-electron chi connectivity index (χ2n) is 6.36. The molecule has 0 radical (unpaired) electrons. The third-order valence-corrected chi connectivity index (χ3v) is 4.82. The molecule has 0 aromatic heterocycles. The SMILES string of the molecule is CC(=O)Oc1cc(Cl)c(Oc2ccc3c(c2)C(=C(C)C)C(=O)N3)c(Cl)c1C. The Morgan fingerprint density at radius 1 is 1.11 bits per heavy atom. The topological polar surface area (TPSA) is 64.6 Å². The molecule has 0 bridgehead atoms. The molecular formula is C20H17Cl2NO4. The fourth-order valence-corrected chi connectivity index (χ4v) is 3.36. The number of carbonyl (C=O) groups is 2. The van der Waals surface area contributed by atoms with Crippen LogP contribution in [-0.4, -0.2) is 11.9 Å². The number of hydrogen-bond donors (Lipinski definition) is 1. The van der Waals surface area contributed by atoms with Gasteiger partial charge in [0.05, 0.1) is 10.0 Å². The van der Waals surface area contributed by atoms with Crippen LogP contribution in [0.25, 0.3) is 5.57 Å². The largest absolute Gasteiger partial charge is 0.454 e. The first-order valence-corrected chi connectivity index (χ1v) is 8.92. The normalized spacial score (nSPS) is 12.5. The van der Waals surface area contributed by atoms with E-state index in [1.54, 1.807) is 25.1 Å². The molecule has 5 nitrogen and oxygen atoms in total. The monoisotopic (exact) mass is 405 g/mol. The molecule has 0 aliphatic carbocycles. The minimum Gasteiger partial charge on any atom is -0.454 e. The Kier molecular flexibility index (Phi) is 5.18. The van der Waals surface area contributed by atoms with Crippen LogP contribution in [0.2, 0.25) is 10.0 Å². The highest BCUT2D eigenvalue weighted by molar-refractivity contribution is 6.38. The van der Waals surface area contributed by atoms with Gasteiger partial charge < -0.3 is 14.8 Å². The first kappa shape index (κ1) is 19.3. The van der Waals surface area contributed by atoms with Gasteiger partial charge in [0.15, 0.2) is 5.75 Å². The first-order valence-electron chi connectivity index (χ1n) is 8.17. The maximum atomic E-state index is 12.1. The molecule has 0 spiro atoms. The number of esters is 1. The van der Waals surface area contributed by atoms with E-state index in [0.717, 1.165) is 16.8 Å². The lowest BCUT2D eigenvalue weighted by atomic mass is 10.0. The summed E-state index contributed by atoms with van der Waals surface area (Å²) in [5.41, 5.74) is 3.55. The van der Waals surface area contributed by atoms with E-state index in [1.165, 1.54) is 13.0 Å². The van der Waals surface area contributed by atoms with Gasteiger partial charge >= 0.3 is 5.97 Å². The number of carbonyl (C=O) groups excluding carboxylic acids is 2. The zero-order valence-corrected chi connectivity index (χ0v) is 16.7. The van der Waals surface area contributed by atoms with E-state index in [9.17, 15) is 9.59 Å². The van der Waals surface area contributed by atoms with Gasteiger partial charge in [-0.3, -0.25) is 9.59 Å². The summed E-state index contributed by atoms with van der Waals surface area (Å²) in [7, 11) is 0. The van der Waals surface area contributed by atoms with Crippen molar-refractivity contribution >= 4 is 46.3 Å². The van der Waals surface area contributed by atoms with Gasteiger partial charge in [-0.2, -0.15) is 0 Å². The molecule has 1 amide bonds. The quantitative estimate of drug-likeness (QED) is 0.400. The molecule has 0 unspecified atom stereocenters. The molecule has 7 heteroatoms. The molecule has 0 fully saturated rings. The van der Waals surface area contributed by atoms with E-state index in [1.807, 2.05) is 13.8 Å². The van der Waals surface area contributed by atoms with E-state index >= 15 is 0 Å². The summed E-state index contributed by atoms with van der Waals surface area (Å²) in [4.78, 5) is 23.3. The highest BCUT2D eigenvalue weighted by Crippen LogP contribution is 2.44. The second-order valence-corrected chi connectivity index (χ2v) is 7.14. The average Bonchev–Trinajstić information content (AvgIpc) is 2.91. The molecule has 2 aromatic rings. The van der Waals surface area contributed by atoms with E-state index < -0.39 is 5.97 Å². The third kappa shape index (κ3) is 3.66. The minimum absolute atomic E-state index is 0.139. The Hall–Kier alpha value is -2.50. The molecule has 0 atom stereocenters. The summed E-state index contributed by atoms with van der Waals surface area (Å²) in [5, 5.41) is 3.28. The maximum Gasteiger partial charge on any atom is 0.308 e. The van der Waals surface area contributed by atoms with E-state index in [0.29, 0.717) is 16.9 Å². The molecule has 1 aliphatic heterocycles. The fraction of sp³-hybridized carbons (Fsp3) is 0.200. The summed E-state index contributed by atoms with van der Waals surface area (Å²) < 4.78 is 11.0. The standard InChI is InChI=1S/C20H17Cl2NO4/c1-9(2)17-13-7-12(5-6-15(13)23-20(17)25)27-19-14(21)8-16(26-11(4)24)10(3)18(19)22/h5-8H,1-4H3,(H,23,25). The molecule has 3 rings (SSSR count). The Balaban J connectivity index is 2.00. The molecule has 27 heavy (non-hydrogen) atoms. The highest BCUT2D eigenvalue weighted by atomic mass is 35.5. The predicted molar refractivity (Wildman–Crippen MR) is 106 cm³/mol. The first-order chi connectivity index (χ1) is 12.7. The summed E-state index contributed by atoms with van der Waals surface area (Å²) in [5.74, 6) is 0.402. The average molecular weight is 406 g/mol. The Labute approximate surface area is 166 Å². The number of rotatable bonds is 3. The molecule has 2 aromatic carbocycles. The molecule has 0 saturated heterocycles. The lowest BCUT2D eigenvalue weighted by Crippen LogP contribution is -2.04. The van der Waals surface area contributed by atoms with Crippen molar-refractivity contribution in [2.75, 3.05) is 5.32 Å². The molecule has 1 N–H and O–H groups in total. The minimum atomic E-state index is -0.469. The number of hydrogen-bond acceptors (Lipinski definition) is 4. The molecule has 0 saturated carbocycles. The van der Waals surface area contributed by atoms with E-state index in [-0.39, 0.29) is 27.5 Å². The zero-order valence-electron chi connectivity index (χ0n) is 15.2. The van der Waals surface area contributed by atoms with Gasteiger partial charge in [-0.1, -0.05) is 28.8 Å². The van der Waals surface area contributed by atoms with E-state index in [2.05, 4.69) is 5.32 Å². The van der Waals surface area contributed by atoms with Crippen LogP contribution in [0.4, 0.5) is 5.69 Å². The third-order valence-electron chi connectivity index (χ3n) is 4.08. The number of ether oxygens (including phenoxy) is 2. The number of fused-ring (bicyclic) bond motifs is 1. The second kappa shape index (κ2) is 7.25. The van der Waals surface area contributed by atoms with Gasteiger partial charge in [-0.05, 0) is 39.0 Å². The van der Waals surface area contributed by atoms with Gasteiger partial charge in [0.2, 0.25) is 0 Å². The van der Waals surface area contributed by atoms with Gasteiger partial charge in [0, 0.05) is 35.4 Å². The number of amides is 1. The van der Waals surface area contributed by atoms with Crippen LogP contribution in [-0.2, 0) is 9.59 Å². The van der Waals surface area contributed by atoms with Gasteiger partial charge in [0.1, 0.15) is 11.5 Å². The van der Waals surface area contributed by atoms with Gasteiger partial charge in [-0.25, -0.2) is 0 Å². The number of benzene rings is 2. The van der Waals surface area contributed by atoms with Crippen LogP contribution in [0.1, 0.15) is 31.9 Å². The van der Waals surface area contributed by atoms with Crippen LogP contribution in [0.15, 0.2) is 29.8 Å². The Morgan fingerprint density at radius 3 is 2.44 bits per heavy atom. The van der Waals surface area contributed by atoms with Crippen LogP contribution in [0.3, 0.4) is 0 Å². The van der Waals surface area contributed by atoms with Crippen LogP contribution in [0, 0.1) is 6.92 Å². The van der Waals surface area contributed by atoms with Crippen LogP contribution < -0.4 is 14.8 Å². The maximum absolute atomic E-state index is 12.1. The Bertz CT molecular complexity index is 1010. The summed E-state index contributed by atoms with van der Waals surface area (Å²) >= 11 is 12.7. The van der Waals surface area contributed by atoms with Crippen LogP contribution in [0.5, 0.6) is 17.2 Å². The van der Waals surface area contributed by atoms with Crippen LogP contribution >= 0.6 is 23.2 Å². The lowest BCUT2D eigenvalue weighted by molar-refractivity contribution is -0.131. The van der Waals surface area contributed by atoms with Crippen molar-refractivity contribution in [3.63, 3.8) is 0 Å². The summed E-state index contributed by atoms with van der Waals surface area (Å²) in [6.45, 7) is 6.76. The Morgan fingerprint density at radius 2 is 1.81 bits per heavy atom. The molecular weight excluding hydrogens is 389 g/mol.